The van der Waals surface area contributed by atoms with Crippen molar-refractivity contribution in [1.82, 2.24) is 10.3 Å². The van der Waals surface area contributed by atoms with Gasteiger partial charge < -0.3 is 19.8 Å². The number of hydrogen-bond donors (Lipinski definition) is 3. The lowest BCUT2D eigenvalue weighted by atomic mass is 10.0. The third-order valence-corrected chi connectivity index (χ3v) is 4.45. The third-order valence-electron chi connectivity index (χ3n) is 4.45. The lowest BCUT2D eigenvalue weighted by Crippen LogP contribution is -2.42. The van der Waals surface area contributed by atoms with Gasteiger partial charge in [-0.05, 0) is 24.6 Å². The molecule has 3 N–H and O–H groups in total. The molecule has 0 aliphatic carbocycles. The summed E-state index contributed by atoms with van der Waals surface area (Å²) in [6, 6.07) is 8.31. The van der Waals surface area contributed by atoms with E-state index in [-0.39, 0.29) is 12.3 Å². The summed E-state index contributed by atoms with van der Waals surface area (Å²) in [4.78, 5) is 27.4. The van der Waals surface area contributed by atoms with Gasteiger partial charge in [0, 0.05) is 29.4 Å². The number of aromatic amines is 1. The maximum absolute atomic E-state index is 12.6. The highest BCUT2D eigenvalue weighted by molar-refractivity contribution is 5.97. The summed E-state index contributed by atoms with van der Waals surface area (Å²) in [5.41, 5.74) is 2.16. The second-order valence-corrected chi connectivity index (χ2v) is 6.70. The fourth-order valence-corrected chi connectivity index (χ4v) is 2.97. The Balaban J connectivity index is 1.80. The van der Waals surface area contributed by atoms with Crippen LogP contribution < -0.4 is 5.32 Å². The first-order chi connectivity index (χ1) is 12.4. The lowest BCUT2D eigenvalue weighted by molar-refractivity contribution is -0.139. The van der Waals surface area contributed by atoms with Crippen molar-refractivity contribution >= 4 is 22.8 Å². The van der Waals surface area contributed by atoms with Gasteiger partial charge in [-0.1, -0.05) is 32.0 Å². The fraction of sp³-hybridized carbons (Fsp3) is 0.300. The van der Waals surface area contributed by atoms with E-state index in [1.54, 1.807) is 19.2 Å². The number of aromatic nitrogens is 1. The molecule has 0 aliphatic heterocycles. The van der Waals surface area contributed by atoms with Crippen LogP contribution in [0.25, 0.3) is 10.9 Å². The van der Waals surface area contributed by atoms with Crippen molar-refractivity contribution in [3.05, 3.63) is 59.2 Å². The molecular weight excluding hydrogens is 332 g/mol. The van der Waals surface area contributed by atoms with E-state index >= 15 is 0 Å². The second-order valence-electron chi connectivity index (χ2n) is 6.70. The summed E-state index contributed by atoms with van der Waals surface area (Å²) in [6.07, 6.45) is 1.98. The van der Waals surface area contributed by atoms with E-state index < -0.39 is 17.9 Å². The topological polar surface area (TPSA) is 95.3 Å². The number of carboxylic acids is 1. The minimum atomic E-state index is -1.08. The highest BCUT2D eigenvalue weighted by atomic mass is 16.4. The first-order valence-electron chi connectivity index (χ1n) is 8.55. The smallest absolute Gasteiger partial charge is 0.326 e. The SMILES string of the molecule is Cc1oc(C(C)C)cc1C(=O)NC(Cc1c[nH]c2ccccc12)C(=O)O. The number of fused-ring (bicyclic) bond motifs is 1. The lowest BCUT2D eigenvalue weighted by Gasteiger charge is -2.14. The Labute approximate surface area is 151 Å². The molecule has 0 aliphatic rings. The van der Waals surface area contributed by atoms with E-state index in [1.807, 2.05) is 38.1 Å². The average molecular weight is 354 g/mol. The molecule has 2 aromatic heterocycles. The van der Waals surface area contributed by atoms with Crippen molar-refractivity contribution in [2.24, 2.45) is 0 Å². The molecule has 1 aromatic carbocycles. The number of aryl methyl sites for hydroxylation is 1. The minimum Gasteiger partial charge on any atom is -0.480 e. The zero-order valence-corrected chi connectivity index (χ0v) is 15.0. The van der Waals surface area contributed by atoms with Crippen molar-refractivity contribution in [3.8, 4) is 0 Å². The van der Waals surface area contributed by atoms with Crippen molar-refractivity contribution < 1.29 is 19.1 Å². The maximum Gasteiger partial charge on any atom is 0.326 e. The van der Waals surface area contributed by atoms with Gasteiger partial charge in [0.25, 0.3) is 5.91 Å². The largest absolute Gasteiger partial charge is 0.480 e. The van der Waals surface area contributed by atoms with Crippen molar-refractivity contribution in [2.75, 3.05) is 0 Å². The van der Waals surface area contributed by atoms with Gasteiger partial charge in [-0.25, -0.2) is 4.79 Å². The van der Waals surface area contributed by atoms with Gasteiger partial charge >= 0.3 is 5.97 Å². The Morgan fingerprint density at radius 1 is 1.27 bits per heavy atom. The van der Waals surface area contributed by atoms with Gasteiger partial charge in [0.2, 0.25) is 0 Å². The van der Waals surface area contributed by atoms with Gasteiger partial charge in [-0.15, -0.1) is 0 Å². The van der Waals surface area contributed by atoms with Crippen LogP contribution >= 0.6 is 0 Å². The summed E-state index contributed by atoms with van der Waals surface area (Å²) >= 11 is 0. The molecule has 1 atom stereocenters. The van der Waals surface area contributed by atoms with E-state index in [2.05, 4.69) is 10.3 Å². The number of nitrogens with one attached hydrogen (secondary N) is 2. The number of benzene rings is 1. The van der Waals surface area contributed by atoms with Gasteiger partial charge in [0.05, 0.1) is 5.56 Å². The molecule has 2 heterocycles. The predicted molar refractivity (Wildman–Crippen MR) is 98.4 cm³/mol. The molecule has 0 saturated heterocycles. The molecule has 1 amide bonds. The van der Waals surface area contributed by atoms with E-state index in [1.165, 1.54) is 0 Å². The zero-order chi connectivity index (χ0) is 18.8. The maximum atomic E-state index is 12.6. The van der Waals surface area contributed by atoms with Gasteiger partial charge in [0.15, 0.2) is 0 Å². The molecule has 3 aromatic rings. The number of hydrogen-bond acceptors (Lipinski definition) is 3. The predicted octanol–water partition coefficient (Wildman–Crippen LogP) is 3.62. The highest BCUT2D eigenvalue weighted by Crippen LogP contribution is 2.22. The summed E-state index contributed by atoms with van der Waals surface area (Å²) in [7, 11) is 0. The Morgan fingerprint density at radius 2 is 2.00 bits per heavy atom. The molecule has 0 radical (unpaired) electrons. The van der Waals surface area contributed by atoms with Crippen LogP contribution in [0.4, 0.5) is 0 Å². The number of rotatable bonds is 6. The molecule has 136 valence electrons. The zero-order valence-electron chi connectivity index (χ0n) is 15.0. The average Bonchev–Trinajstić information content (AvgIpc) is 3.18. The molecule has 1 unspecified atom stereocenters. The Morgan fingerprint density at radius 3 is 2.65 bits per heavy atom. The standard InChI is InChI=1S/C20H22N2O4/c1-11(2)18-9-15(12(3)26-18)19(23)22-17(20(24)25)8-13-10-21-16-7-5-4-6-14(13)16/h4-7,9-11,17,21H,8H2,1-3H3,(H,22,23)(H,24,25). The first-order valence-corrected chi connectivity index (χ1v) is 8.55. The number of aliphatic carboxylic acids is 1. The van der Waals surface area contributed by atoms with Gasteiger partial charge in [0.1, 0.15) is 17.6 Å². The second kappa shape index (κ2) is 7.07. The Bertz CT molecular complexity index is 952. The van der Waals surface area contributed by atoms with Gasteiger partial charge in [-0.3, -0.25) is 4.79 Å². The van der Waals surface area contributed by atoms with E-state index in [4.69, 9.17) is 4.42 Å². The van der Waals surface area contributed by atoms with E-state index in [0.717, 1.165) is 16.5 Å². The van der Waals surface area contributed by atoms with E-state index in [0.29, 0.717) is 17.1 Å². The van der Waals surface area contributed by atoms with Gasteiger partial charge in [-0.2, -0.15) is 0 Å². The summed E-state index contributed by atoms with van der Waals surface area (Å²) in [6.45, 7) is 5.64. The molecule has 0 bridgehead atoms. The number of amides is 1. The minimum absolute atomic E-state index is 0.150. The number of carboxylic acid groups (broad SMARTS) is 1. The number of carbonyl (C=O) groups is 2. The quantitative estimate of drug-likeness (QED) is 0.630. The summed E-state index contributed by atoms with van der Waals surface area (Å²) in [5, 5.41) is 13.1. The van der Waals surface area contributed by atoms with Crippen LogP contribution in [0.5, 0.6) is 0 Å². The van der Waals surface area contributed by atoms with E-state index in [9.17, 15) is 14.7 Å². The van der Waals surface area contributed by atoms with Crippen LogP contribution in [-0.2, 0) is 11.2 Å². The Kier molecular flexibility index (Phi) is 4.84. The van der Waals surface area contributed by atoms with Crippen LogP contribution in [0.15, 0.2) is 40.9 Å². The monoisotopic (exact) mass is 354 g/mol. The molecule has 0 saturated carbocycles. The van der Waals surface area contributed by atoms with Crippen molar-refractivity contribution in [1.29, 1.82) is 0 Å². The van der Waals surface area contributed by atoms with Crippen LogP contribution in [0.2, 0.25) is 0 Å². The first kappa shape index (κ1) is 17.8. The van der Waals surface area contributed by atoms with Crippen LogP contribution in [0.1, 0.15) is 47.2 Å². The molecule has 26 heavy (non-hydrogen) atoms. The fourth-order valence-electron chi connectivity index (χ4n) is 2.97. The molecular formula is C20H22N2O4. The summed E-state index contributed by atoms with van der Waals surface area (Å²) in [5.74, 6) is -0.172. The van der Waals surface area contributed by atoms with Crippen LogP contribution in [0.3, 0.4) is 0 Å². The molecule has 0 fully saturated rings. The third kappa shape index (κ3) is 3.49. The number of H-pyrrole nitrogens is 1. The van der Waals surface area contributed by atoms with Crippen LogP contribution in [0, 0.1) is 6.92 Å². The normalized spacial score (nSPS) is 12.5. The number of para-hydroxylation sites is 1. The number of furan rings is 1. The molecule has 3 rings (SSSR count). The summed E-state index contributed by atoms with van der Waals surface area (Å²) < 4.78 is 5.59. The molecule has 6 nitrogen and oxygen atoms in total. The molecule has 0 spiro atoms. The molecule has 6 heteroatoms. The number of carbonyl (C=O) groups excluding carboxylic acids is 1. The van der Waals surface area contributed by atoms with Crippen LogP contribution in [-0.4, -0.2) is 28.0 Å². The van der Waals surface area contributed by atoms with Crippen molar-refractivity contribution in [2.45, 2.75) is 39.2 Å². The highest BCUT2D eigenvalue weighted by Gasteiger charge is 2.25. The van der Waals surface area contributed by atoms with Crippen molar-refractivity contribution in [3.63, 3.8) is 0 Å². The Hall–Kier alpha value is -3.02.